The van der Waals surface area contributed by atoms with Crippen LogP contribution in [0.1, 0.15) is 38.3 Å². The van der Waals surface area contributed by atoms with Crippen LogP contribution in [0.4, 0.5) is 0 Å². The largest absolute Gasteiger partial charge is 0.483 e. The molecule has 0 heterocycles. The van der Waals surface area contributed by atoms with E-state index in [2.05, 4.69) is 10.6 Å². The van der Waals surface area contributed by atoms with Crippen molar-refractivity contribution in [2.45, 2.75) is 38.8 Å². The Morgan fingerprint density at radius 1 is 1.50 bits per heavy atom. The van der Waals surface area contributed by atoms with Crippen LogP contribution in [0.25, 0.3) is 0 Å². The van der Waals surface area contributed by atoms with Crippen molar-refractivity contribution in [3.05, 3.63) is 28.8 Å². The number of nitrogens with one attached hydrogen (secondary N) is 2. The van der Waals surface area contributed by atoms with Gasteiger partial charge in [0.15, 0.2) is 6.61 Å². The van der Waals surface area contributed by atoms with Gasteiger partial charge in [0.25, 0.3) is 5.91 Å². The van der Waals surface area contributed by atoms with Crippen LogP contribution in [0.15, 0.2) is 18.2 Å². The molecular weight excluding hydrogens is 276 g/mol. The van der Waals surface area contributed by atoms with Gasteiger partial charge in [-0.25, -0.2) is 0 Å². The molecule has 0 radical (unpaired) electrons. The number of halogens is 1. The van der Waals surface area contributed by atoms with E-state index in [1.54, 1.807) is 6.07 Å². The Balaban J connectivity index is 1.99. The lowest BCUT2D eigenvalue weighted by Crippen LogP contribution is -2.30. The molecule has 1 fully saturated rings. The highest BCUT2D eigenvalue weighted by molar-refractivity contribution is 6.30. The normalized spacial score (nSPS) is 15.8. The van der Waals surface area contributed by atoms with Crippen molar-refractivity contribution in [1.29, 1.82) is 0 Å². The summed E-state index contributed by atoms with van der Waals surface area (Å²) in [4.78, 5) is 11.7. The highest BCUT2D eigenvalue weighted by Crippen LogP contribution is 2.28. The first kappa shape index (κ1) is 15.1. The molecule has 1 aromatic rings. The second-order valence-electron chi connectivity index (χ2n) is 5.09. The Morgan fingerprint density at radius 2 is 2.25 bits per heavy atom. The first-order valence-corrected chi connectivity index (χ1v) is 7.43. The van der Waals surface area contributed by atoms with Gasteiger partial charge >= 0.3 is 0 Å². The molecule has 110 valence electrons. The van der Waals surface area contributed by atoms with Gasteiger partial charge in [0.2, 0.25) is 0 Å². The van der Waals surface area contributed by atoms with E-state index in [-0.39, 0.29) is 18.6 Å². The van der Waals surface area contributed by atoms with Crippen LogP contribution >= 0.6 is 11.6 Å². The summed E-state index contributed by atoms with van der Waals surface area (Å²) in [5.74, 6) is 0.637. The van der Waals surface area contributed by atoms with Crippen LogP contribution in [-0.2, 0) is 4.79 Å². The van der Waals surface area contributed by atoms with Crippen molar-refractivity contribution in [3.8, 4) is 5.75 Å². The number of rotatable bonds is 7. The third kappa shape index (κ3) is 4.39. The molecule has 2 N–H and O–H groups in total. The van der Waals surface area contributed by atoms with E-state index in [9.17, 15) is 4.79 Å². The molecule has 1 aliphatic carbocycles. The molecule has 20 heavy (non-hydrogen) atoms. The highest BCUT2D eigenvalue weighted by Gasteiger charge is 2.23. The molecule has 2 rings (SSSR count). The SMILES string of the molecule is CCNC(C)c1cc(Cl)ccc1OCC(=O)NC1CC1. The second kappa shape index (κ2) is 6.95. The number of carbonyl (C=O) groups is 1. The number of carbonyl (C=O) groups excluding carboxylic acids is 1. The molecule has 0 saturated heterocycles. The fraction of sp³-hybridized carbons (Fsp3) is 0.533. The van der Waals surface area contributed by atoms with Crippen molar-refractivity contribution in [2.24, 2.45) is 0 Å². The van der Waals surface area contributed by atoms with Crippen LogP contribution < -0.4 is 15.4 Å². The third-order valence-corrected chi connectivity index (χ3v) is 3.48. The molecule has 1 atom stereocenters. The van der Waals surface area contributed by atoms with Gasteiger partial charge in [-0.2, -0.15) is 0 Å². The van der Waals surface area contributed by atoms with Gasteiger partial charge in [0.05, 0.1) is 0 Å². The minimum absolute atomic E-state index is 0.0456. The molecule has 0 aliphatic heterocycles. The van der Waals surface area contributed by atoms with Gasteiger partial charge in [0.1, 0.15) is 5.75 Å². The van der Waals surface area contributed by atoms with Crippen LogP contribution in [0.3, 0.4) is 0 Å². The fourth-order valence-corrected chi connectivity index (χ4v) is 2.23. The Kier molecular flexibility index (Phi) is 5.26. The van der Waals surface area contributed by atoms with Crippen molar-refractivity contribution in [2.75, 3.05) is 13.2 Å². The molecule has 1 aromatic carbocycles. The molecule has 1 amide bonds. The Hall–Kier alpha value is -1.26. The monoisotopic (exact) mass is 296 g/mol. The molecular formula is C15H21ClN2O2. The minimum atomic E-state index is -0.0653. The predicted octanol–water partition coefficient (Wildman–Crippen LogP) is 2.67. The highest BCUT2D eigenvalue weighted by atomic mass is 35.5. The topological polar surface area (TPSA) is 50.4 Å². The summed E-state index contributed by atoms with van der Waals surface area (Å²) in [5, 5.41) is 6.89. The lowest BCUT2D eigenvalue weighted by atomic mass is 10.1. The first-order chi connectivity index (χ1) is 9.60. The molecule has 5 heteroatoms. The van der Waals surface area contributed by atoms with Gasteiger partial charge in [-0.15, -0.1) is 0 Å². The van der Waals surface area contributed by atoms with Crippen molar-refractivity contribution < 1.29 is 9.53 Å². The van der Waals surface area contributed by atoms with Gasteiger partial charge in [-0.3, -0.25) is 4.79 Å². The number of ether oxygens (including phenoxy) is 1. The zero-order valence-electron chi connectivity index (χ0n) is 11.9. The Bertz CT molecular complexity index is 475. The smallest absolute Gasteiger partial charge is 0.258 e. The minimum Gasteiger partial charge on any atom is -0.483 e. The summed E-state index contributed by atoms with van der Waals surface area (Å²) in [5.41, 5.74) is 0.971. The molecule has 1 unspecified atom stereocenters. The second-order valence-corrected chi connectivity index (χ2v) is 5.53. The predicted molar refractivity (Wildman–Crippen MR) is 80.2 cm³/mol. The summed E-state index contributed by atoms with van der Waals surface area (Å²) in [6.45, 7) is 5.00. The van der Waals surface area contributed by atoms with Crippen LogP contribution in [0, 0.1) is 0 Å². The summed E-state index contributed by atoms with van der Waals surface area (Å²) in [6.07, 6.45) is 2.16. The summed E-state index contributed by atoms with van der Waals surface area (Å²) < 4.78 is 5.64. The van der Waals surface area contributed by atoms with Gasteiger partial charge in [0, 0.05) is 22.7 Å². The van der Waals surface area contributed by atoms with E-state index in [0.29, 0.717) is 16.8 Å². The van der Waals surface area contributed by atoms with Crippen molar-refractivity contribution in [1.82, 2.24) is 10.6 Å². The molecule has 0 bridgehead atoms. The van der Waals surface area contributed by atoms with Crippen LogP contribution in [-0.4, -0.2) is 25.1 Å². The van der Waals surface area contributed by atoms with Crippen molar-refractivity contribution >= 4 is 17.5 Å². The maximum absolute atomic E-state index is 11.7. The van der Waals surface area contributed by atoms with E-state index in [1.165, 1.54) is 0 Å². The lowest BCUT2D eigenvalue weighted by Gasteiger charge is -2.18. The Labute approximate surface area is 124 Å². The van der Waals surface area contributed by atoms with Gasteiger partial charge in [-0.05, 0) is 44.5 Å². The van der Waals surface area contributed by atoms with Crippen LogP contribution in [0.5, 0.6) is 5.75 Å². The fourth-order valence-electron chi connectivity index (χ4n) is 2.05. The molecule has 4 nitrogen and oxygen atoms in total. The first-order valence-electron chi connectivity index (χ1n) is 7.05. The van der Waals surface area contributed by atoms with Gasteiger partial charge < -0.3 is 15.4 Å². The number of hydrogen-bond donors (Lipinski definition) is 2. The van der Waals surface area contributed by atoms with E-state index in [4.69, 9.17) is 16.3 Å². The summed E-state index contributed by atoms with van der Waals surface area (Å²) in [6, 6.07) is 5.95. The van der Waals surface area contributed by atoms with E-state index in [0.717, 1.165) is 24.9 Å². The average molecular weight is 297 g/mol. The van der Waals surface area contributed by atoms with E-state index in [1.807, 2.05) is 26.0 Å². The number of amides is 1. The summed E-state index contributed by atoms with van der Waals surface area (Å²) >= 11 is 6.04. The quantitative estimate of drug-likeness (QED) is 0.813. The lowest BCUT2D eigenvalue weighted by molar-refractivity contribution is -0.123. The number of hydrogen-bond acceptors (Lipinski definition) is 3. The molecule has 1 aliphatic rings. The zero-order valence-corrected chi connectivity index (χ0v) is 12.7. The molecule has 1 saturated carbocycles. The maximum Gasteiger partial charge on any atom is 0.258 e. The molecule has 0 aromatic heterocycles. The van der Waals surface area contributed by atoms with Crippen LogP contribution in [0.2, 0.25) is 5.02 Å². The Morgan fingerprint density at radius 3 is 2.90 bits per heavy atom. The number of benzene rings is 1. The van der Waals surface area contributed by atoms with E-state index < -0.39 is 0 Å². The maximum atomic E-state index is 11.7. The van der Waals surface area contributed by atoms with E-state index >= 15 is 0 Å². The third-order valence-electron chi connectivity index (χ3n) is 3.25. The van der Waals surface area contributed by atoms with Crippen molar-refractivity contribution in [3.63, 3.8) is 0 Å². The van der Waals surface area contributed by atoms with Gasteiger partial charge in [-0.1, -0.05) is 18.5 Å². The molecule has 0 spiro atoms. The average Bonchev–Trinajstić information content (AvgIpc) is 3.21. The zero-order chi connectivity index (χ0) is 14.5. The standard InChI is InChI=1S/C15H21ClN2O2/c1-3-17-10(2)13-8-11(16)4-7-14(13)20-9-15(19)18-12-5-6-12/h4,7-8,10,12,17H,3,5-6,9H2,1-2H3,(H,18,19). The summed E-state index contributed by atoms with van der Waals surface area (Å²) in [7, 11) is 0.